The van der Waals surface area contributed by atoms with Crippen LogP contribution in [0.4, 0.5) is 5.95 Å². The van der Waals surface area contributed by atoms with Crippen LogP contribution in [0.15, 0.2) is 24.7 Å². The first-order valence-corrected chi connectivity index (χ1v) is 7.74. The van der Waals surface area contributed by atoms with E-state index in [2.05, 4.69) is 19.9 Å². The molecule has 3 rings (SSSR count). The number of aromatic nitrogens is 4. The van der Waals surface area contributed by atoms with Crippen molar-refractivity contribution in [3.8, 4) is 0 Å². The van der Waals surface area contributed by atoms with Crippen LogP contribution < -0.4 is 4.90 Å². The Morgan fingerprint density at radius 2 is 2.04 bits per heavy atom. The molecule has 0 radical (unpaired) electrons. The van der Waals surface area contributed by atoms with Crippen LogP contribution in [0.2, 0.25) is 0 Å². The fourth-order valence-electron chi connectivity index (χ4n) is 2.51. The lowest BCUT2D eigenvalue weighted by molar-refractivity contribution is -0.0248. The number of hydrogen-bond donors (Lipinski definition) is 0. The monoisotopic (exact) mass is 328 g/mol. The summed E-state index contributed by atoms with van der Waals surface area (Å²) in [6.45, 7) is 3.29. The SMILES string of the molecule is Cc1nccc([C@@H]2CN(C(=O)c3cnc(N(C)C)nc3)CCO2)n1. The zero-order valence-electron chi connectivity index (χ0n) is 14.0. The Hall–Kier alpha value is -2.61. The van der Waals surface area contributed by atoms with Crippen molar-refractivity contribution in [2.75, 3.05) is 38.7 Å². The third-order valence-corrected chi connectivity index (χ3v) is 3.77. The molecule has 0 bridgehead atoms. The van der Waals surface area contributed by atoms with Gasteiger partial charge in [-0.25, -0.2) is 19.9 Å². The van der Waals surface area contributed by atoms with Crippen molar-refractivity contribution in [2.45, 2.75) is 13.0 Å². The number of carbonyl (C=O) groups excluding carboxylic acids is 1. The van der Waals surface area contributed by atoms with Gasteiger partial charge in [0.25, 0.3) is 5.91 Å². The number of hydrogen-bond acceptors (Lipinski definition) is 7. The molecule has 1 atom stereocenters. The van der Waals surface area contributed by atoms with E-state index in [0.717, 1.165) is 5.69 Å². The average molecular weight is 328 g/mol. The van der Waals surface area contributed by atoms with Crippen LogP contribution in [0.5, 0.6) is 0 Å². The van der Waals surface area contributed by atoms with Gasteiger partial charge in [0.15, 0.2) is 0 Å². The van der Waals surface area contributed by atoms with Crippen LogP contribution in [-0.4, -0.2) is 64.5 Å². The summed E-state index contributed by atoms with van der Waals surface area (Å²) < 4.78 is 5.76. The number of amides is 1. The second kappa shape index (κ2) is 6.88. The summed E-state index contributed by atoms with van der Waals surface area (Å²) in [6, 6.07) is 1.82. The van der Waals surface area contributed by atoms with Gasteiger partial charge in [-0.1, -0.05) is 0 Å². The fraction of sp³-hybridized carbons (Fsp3) is 0.438. The molecular weight excluding hydrogens is 308 g/mol. The molecule has 0 unspecified atom stereocenters. The van der Waals surface area contributed by atoms with Gasteiger partial charge in [-0.15, -0.1) is 0 Å². The number of morpholine rings is 1. The van der Waals surface area contributed by atoms with Gasteiger partial charge < -0.3 is 14.5 Å². The van der Waals surface area contributed by atoms with Gasteiger partial charge in [-0.2, -0.15) is 0 Å². The molecule has 1 aliphatic heterocycles. The van der Waals surface area contributed by atoms with Gasteiger partial charge in [0, 0.05) is 39.2 Å². The topological polar surface area (TPSA) is 84.3 Å². The first-order chi connectivity index (χ1) is 11.5. The van der Waals surface area contributed by atoms with E-state index >= 15 is 0 Å². The molecule has 3 heterocycles. The molecule has 1 saturated heterocycles. The lowest BCUT2D eigenvalue weighted by Gasteiger charge is -2.32. The summed E-state index contributed by atoms with van der Waals surface area (Å²) in [6.07, 6.45) is 4.58. The number of nitrogens with zero attached hydrogens (tertiary/aromatic N) is 6. The molecule has 126 valence electrons. The van der Waals surface area contributed by atoms with Crippen molar-refractivity contribution in [3.63, 3.8) is 0 Å². The first kappa shape index (κ1) is 16.3. The highest BCUT2D eigenvalue weighted by molar-refractivity contribution is 5.93. The van der Waals surface area contributed by atoms with Crippen LogP contribution in [0.25, 0.3) is 0 Å². The Kier molecular flexibility index (Phi) is 4.66. The largest absolute Gasteiger partial charge is 0.368 e. The van der Waals surface area contributed by atoms with E-state index < -0.39 is 0 Å². The predicted octanol–water partition coefficient (Wildman–Crippen LogP) is 0.855. The summed E-state index contributed by atoms with van der Waals surface area (Å²) in [5.41, 5.74) is 1.26. The van der Waals surface area contributed by atoms with Crippen LogP contribution in [-0.2, 0) is 4.74 Å². The molecule has 0 N–H and O–H groups in total. The summed E-state index contributed by atoms with van der Waals surface area (Å²) in [5.74, 6) is 1.16. The second-order valence-electron chi connectivity index (χ2n) is 5.81. The molecule has 0 saturated carbocycles. The van der Waals surface area contributed by atoms with Crippen molar-refractivity contribution < 1.29 is 9.53 Å². The molecule has 0 aliphatic carbocycles. The maximum atomic E-state index is 12.7. The zero-order chi connectivity index (χ0) is 17.1. The number of aryl methyl sites for hydroxylation is 1. The normalized spacial score (nSPS) is 17.6. The summed E-state index contributed by atoms with van der Waals surface area (Å²) >= 11 is 0. The van der Waals surface area contributed by atoms with Crippen molar-refractivity contribution >= 4 is 11.9 Å². The zero-order valence-corrected chi connectivity index (χ0v) is 14.0. The highest BCUT2D eigenvalue weighted by Crippen LogP contribution is 2.21. The molecule has 1 amide bonds. The van der Waals surface area contributed by atoms with Crippen LogP contribution in [0.1, 0.15) is 28.0 Å². The Labute approximate surface area is 140 Å². The third kappa shape index (κ3) is 3.48. The van der Waals surface area contributed by atoms with Gasteiger partial charge in [0.05, 0.1) is 24.4 Å². The van der Waals surface area contributed by atoms with Crippen molar-refractivity contribution in [3.05, 3.63) is 41.7 Å². The van der Waals surface area contributed by atoms with E-state index in [1.165, 1.54) is 0 Å². The molecule has 2 aromatic rings. The molecule has 0 aromatic carbocycles. The highest BCUT2D eigenvalue weighted by atomic mass is 16.5. The minimum absolute atomic E-state index is 0.0978. The Morgan fingerprint density at radius 3 is 2.71 bits per heavy atom. The highest BCUT2D eigenvalue weighted by Gasteiger charge is 2.27. The molecule has 2 aromatic heterocycles. The lowest BCUT2D eigenvalue weighted by Crippen LogP contribution is -2.42. The van der Waals surface area contributed by atoms with Gasteiger partial charge in [0.1, 0.15) is 11.9 Å². The van der Waals surface area contributed by atoms with Crippen molar-refractivity contribution in [1.29, 1.82) is 0 Å². The minimum atomic E-state index is -0.244. The maximum Gasteiger partial charge on any atom is 0.257 e. The molecule has 0 spiro atoms. The van der Waals surface area contributed by atoms with E-state index in [-0.39, 0.29) is 12.0 Å². The minimum Gasteiger partial charge on any atom is -0.368 e. The molecule has 1 fully saturated rings. The standard InChI is InChI=1S/C16H20N6O2/c1-11-17-5-4-13(20-11)14-10-22(6-7-24-14)15(23)12-8-18-16(19-9-12)21(2)3/h4-5,8-9,14H,6-7,10H2,1-3H3/t14-/m0/s1. The van der Waals surface area contributed by atoms with Gasteiger partial charge in [-0.3, -0.25) is 4.79 Å². The summed E-state index contributed by atoms with van der Waals surface area (Å²) in [4.78, 5) is 33.1. The Balaban J connectivity index is 1.73. The Morgan fingerprint density at radius 1 is 1.29 bits per heavy atom. The molecule has 8 nitrogen and oxygen atoms in total. The molecule has 24 heavy (non-hydrogen) atoms. The van der Waals surface area contributed by atoms with Gasteiger partial charge in [0.2, 0.25) is 5.95 Å². The molecule has 8 heteroatoms. The van der Waals surface area contributed by atoms with E-state index in [9.17, 15) is 4.79 Å². The first-order valence-electron chi connectivity index (χ1n) is 7.74. The number of ether oxygens (including phenoxy) is 1. The van der Waals surface area contributed by atoms with E-state index in [4.69, 9.17) is 4.74 Å². The summed E-state index contributed by atoms with van der Waals surface area (Å²) in [7, 11) is 3.71. The number of rotatable bonds is 3. The smallest absolute Gasteiger partial charge is 0.257 e. The number of anilines is 1. The van der Waals surface area contributed by atoms with Gasteiger partial charge >= 0.3 is 0 Å². The summed E-state index contributed by atoms with van der Waals surface area (Å²) in [5, 5.41) is 0. The quantitative estimate of drug-likeness (QED) is 0.826. The number of carbonyl (C=O) groups is 1. The van der Waals surface area contributed by atoms with Gasteiger partial charge in [-0.05, 0) is 13.0 Å². The van der Waals surface area contributed by atoms with E-state index in [0.29, 0.717) is 37.0 Å². The van der Waals surface area contributed by atoms with E-state index in [1.54, 1.807) is 28.4 Å². The van der Waals surface area contributed by atoms with Crippen LogP contribution >= 0.6 is 0 Å². The fourth-order valence-corrected chi connectivity index (χ4v) is 2.51. The average Bonchev–Trinajstić information content (AvgIpc) is 2.61. The van der Waals surface area contributed by atoms with Crippen molar-refractivity contribution in [2.24, 2.45) is 0 Å². The third-order valence-electron chi connectivity index (χ3n) is 3.77. The second-order valence-corrected chi connectivity index (χ2v) is 5.81. The molecule has 1 aliphatic rings. The lowest BCUT2D eigenvalue weighted by atomic mass is 10.1. The van der Waals surface area contributed by atoms with Crippen LogP contribution in [0, 0.1) is 6.92 Å². The Bertz CT molecular complexity index is 719. The van der Waals surface area contributed by atoms with Crippen molar-refractivity contribution in [1.82, 2.24) is 24.8 Å². The van der Waals surface area contributed by atoms with E-state index in [1.807, 2.05) is 27.1 Å². The van der Waals surface area contributed by atoms with Crippen LogP contribution in [0.3, 0.4) is 0 Å². The maximum absolute atomic E-state index is 12.7. The predicted molar refractivity (Wildman–Crippen MR) is 87.7 cm³/mol. The molecular formula is C16H20N6O2.